The number of likely N-dealkylation sites (tertiary alicyclic amines) is 1. The van der Waals surface area contributed by atoms with Crippen LogP contribution in [0.5, 0.6) is 5.75 Å². The maximum Gasteiger partial charge on any atom is 0.221 e. The van der Waals surface area contributed by atoms with E-state index in [1.807, 2.05) is 24.3 Å². The summed E-state index contributed by atoms with van der Waals surface area (Å²) in [6.07, 6.45) is 3.70. The van der Waals surface area contributed by atoms with Crippen molar-refractivity contribution in [1.29, 1.82) is 0 Å². The van der Waals surface area contributed by atoms with E-state index in [-0.39, 0.29) is 12.0 Å². The Kier molecular flexibility index (Phi) is 4.45. The Labute approximate surface area is 148 Å². The van der Waals surface area contributed by atoms with Gasteiger partial charge in [-0.05, 0) is 67.7 Å². The summed E-state index contributed by atoms with van der Waals surface area (Å²) >= 11 is 0. The molecule has 1 heterocycles. The van der Waals surface area contributed by atoms with E-state index in [1.165, 1.54) is 44.0 Å². The standard InChI is InChI=1S/C21H24N2O2/c1-15(24)22-17-8-10-18(11-9-17)25-21-19-7-3-2-6-16(19)14-20(21)23-12-4-5-13-23/h2-3,6-11,20-21H,4-5,12-14H2,1H3,(H,22,24). The molecule has 1 saturated heterocycles. The summed E-state index contributed by atoms with van der Waals surface area (Å²) in [7, 11) is 0. The fourth-order valence-corrected chi connectivity index (χ4v) is 4.04. The minimum atomic E-state index is -0.0625. The van der Waals surface area contributed by atoms with Crippen LogP contribution in [0, 0.1) is 0 Å². The molecule has 1 aliphatic heterocycles. The molecule has 0 bridgehead atoms. The number of anilines is 1. The predicted molar refractivity (Wildman–Crippen MR) is 98.9 cm³/mol. The SMILES string of the molecule is CC(=O)Nc1ccc(OC2c3ccccc3CC2N2CCCC2)cc1. The van der Waals surface area contributed by atoms with Crippen molar-refractivity contribution in [2.24, 2.45) is 0 Å². The third-order valence-electron chi connectivity index (χ3n) is 5.19. The van der Waals surface area contributed by atoms with Gasteiger partial charge in [0, 0.05) is 12.6 Å². The molecule has 2 aliphatic rings. The molecular formula is C21H24N2O2. The summed E-state index contributed by atoms with van der Waals surface area (Å²) in [5.74, 6) is 0.785. The molecule has 4 rings (SSSR count). The van der Waals surface area contributed by atoms with E-state index in [9.17, 15) is 4.79 Å². The second kappa shape index (κ2) is 6.89. The van der Waals surface area contributed by atoms with Crippen LogP contribution in [-0.2, 0) is 11.2 Å². The Morgan fingerprint density at radius 1 is 1.08 bits per heavy atom. The van der Waals surface area contributed by atoms with Crippen LogP contribution in [0.15, 0.2) is 48.5 Å². The average molecular weight is 336 g/mol. The molecule has 25 heavy (non-hydrogen) atoms. The van der Waals surface area contributed by atoms with E-state index in [0.29, 0.717) is 6.04 Å². The lowest BCUT2D eigenvalue weighted by atomic mass is 10.1. The van der Waals surface area contributed by atoms with Crippen molar-refractivity contribution in [2.75, 3.05) is 18.4 Å². The van der Waals surface area contributed by atoms with Crippen LogP contribution in [0.4, 0.5) is 5.69 Å². The minimum Gasteiger partial charge on any atom is -0.484 e. The molecular weight excluding hydrogens is 312 g/mol. The second-order valence-electron chi connectivity index (χ2n) is 6.96. The van der Waals surface area contributed by atoms with Gasteiger partial charge in [0.15, 0.2) is 0 Å². The smallest absolute Gasteiger partial charge is 0.221 e. The lowest BCUT2D eigenvalue weighted by Crippen LogP contribution is -2.37. The third-order valence-corrected chi connectivity index (χ3v) is 5.19. The highest BCUT2D eigenvalue weighted by Gasteiger charge is 2.38. The monoisotopic (exact) mass is 336 g/mol. The van der Waals surface area contributed by atoms with Crippen LogP contribution in [0.1, 0.15) is 37.0 Å². The van der Waals surface area contributed by atoms with E-state index in [0.717, 1.165) is 17.9 Å². The van der Waals surface area contributed by atoms with Crippen LogP contribution in [0.25, 0.3) is 0 Å². The first kappa shape index (κ1) is 16.2. The summed E-state index contributed by atoms with van der Waals surface area (Å²) < 4.78 is 6.43. The number of rotatable bonds is 4. The van der Waals surface area contributed by atoms with Gasteiger partial charge in [0.05, 0.1) is 6.04 Å². The van der Waals surface area contributed by atoms with Crippen LogP contribution >= 0.6 is 0 Å². The van der Waals surface area contributed by atoms with Gasteiger partial charge >= 0.3 is 0 Å². The molecule has 4 nitrogen and oxygen atoms in total. The van der Waals surface area contributed by atoms with Crippen LogP contribution in [0.2, 0.25) is 0 Å². The fourth-order valence-electron chi connectivity index (χ4n) is 4.04. The number of hydrogen-bond donors (Lipinski definition) is 1. The Hall–Kier alpha value is -2.33. The molecule has 0 aromatic heterocycles. The first-order valence-electron chi connectivity index (χ1n) is 9.07. The molecule has 0 radical (unpaired) electrons. The highest BCUT2D eigenvalue weighted by molar-refractivity contribution is 5.88. The highest BCUT2D eigenvalue weighted by atomic mass is 16.5. The van der Waals surface area contributed by atoms with Crippen LogP contribution in [-0.4, -0.2) is 29.9 Å². The summed E-state index contributed by atoms with van der Waals surface area (Å²) in [6, 6.07) is 16.7. The number of nitrogens with one attached hydrogen (secondary N) is 1. The number of amides is 1. The molecule has 1 amide bonds. The largest absolute Gasteiger partial charge is 0.484 e. The van der Waals surface area contributed by atoms with Gasteiger partial charge in [-0.25, -0.2) is 0 Å². The van der Waals surface area contributed by atoms with Gasteiger partial charge in [0.1, 0.15) is 11.9 Å². The van der Waals surface area contributed by atoms with E-state index in [4.69, 9.17) is 4.74 Å². The third kappa shape index (κ3) is 3.40. The highest BCUT2D eigenvalue weighted by Crippen LogP contribution is 2.39. The molecule has 0 spiro atoms. The summed E-state index contributed by atoms with van der Waals surface area (Å²) in [5, 5.41) is 2.79. The van der Waals surface area contributed by atoms with Crippen molar-refractivity contribution < 1.29 is 9.53 Å². The lowest BCUT2D eigenvalue weighted by molar-refractivity contribution is -0.114. The molecule has 0 saturated carbocycles. The topological polar surface area (TPSA) is 41.6 Å². The van der Waals surface area contributed by atoms with Gasteiger partial charge < -0.3 is 10.1 Å². The molecule has 1 aliphatic carbocycles. The van der Waals surface area contributed by atoms with Crippen LogP contribution in [0.3, 0.4) is 0 Å². The van der Waals surface area contributed by atoms with E-state index in [1.54, 1.807) is 0 Å². The van der Waals surface area contributed by atoms with Gasteiger partial charge in [-0.1, -0.05) is 24.3 Å². The molecule has 2 aromatic rings. The molecule has 4 heteroatoms. The second-order valence-corrected chi connectivity index (χ2v) is 6.96. The molecule has 2 unspecified atom stereocenters. The number of nitrogens with zero attached hydrogens (tertiary/aromatic N) is 1. The zero-order valence-electron chi connectivity index (χ0n) is 14.6. The van der Waals surface area contributed by atoms with Crippen LogP contribution < -0.4 is 10.1 Å². The van der Waals surface area contributed by atoms with Crippen molar-refractivity contribution in [2.45, 2.75) is 38.3 Å². The van der Waals surface area contributed by atoms with Crippen molar-refractivity contribution in [3.8, 4) is 5.75 Å². The predicted octanol–water partition coefficient (Wildman–Crippen LogP) is 3.79. The van der Waals surface area contributed by atoms with E-state index in [2.05, 4.69) is 34.5 Å². The summed E-state index contributed by atoms with van der Waals surface area (Å²) in [6.45, 7) is 3.85. The minimum absolute atomic E-state index is 0.0625. The fraction of sp³-hybridized carbons (Fsp3) is 0.381. The zero-order valence-corrected chi connectivity index (χ0v) is 14.6. The quantitative estimate of drug-likeness (QED) is 0.924. The van der Waals surface area contributed by atoms with Crippen molar-refractivity contribution in [1.82, 2.24) is 4.90 Å². The molecule has 130 valence electrons. The molecule has 1 fully saturated rings. The maximum atomic E-state index is 11.2. The number of carbonyl (C=O) groups excluding carboxylic acids is 1. The normalized spacial score (nSPS) is 22.6. The molecule has 2 atom stereocenters. The molecule has 1 N–H and O–H groups in total. The first-order chi connectivity index (χ1) is 12.2. The molecule has 2 aromatic carbocycles. The van der Waals surface area contributed by atoms with Gasteiger partial charge in [-0.3, -0.25) is 9.69 Å². The zero-order chi connectivity index (χ0) is 17.2. The summed E-state index contributed by atoms with van der Waals surface area (Å²) in [4.78, 5) is 13.7. The Morgan fingerprint density at radius 3 is 2.52 bits per heavy atom. The number of carbonyl (C=O) groups is 1. The number of hydrogen-bond acceptors (Lipinski definition) is 3. The number of benzene rings is 2. The van der Waals surface area contributed by atoms with E-state index < -0.39 is 0 Å². The average Bonchev–Trinajstić information content (AvgIpc) is 3.24. The van der Waals surface area contributed by atoms with Gasteiger partial charge in [0.25, 0.3) is 0 Å². The van der Waals surface area contributed by atoms with E-state index >= 15 is 0 Å². The van der Waals surface area contributed by atoms with Crippen molar-refractivity contribution in [3.05, 3.63) is 59.7 Å². The number of ether oxygens (including phenoxy) is 1. The van der Waals surface area contributed by atoms with Gasteiger partial charge in [-0.15, -0.1) is 0 Å². The van der Waals surface area contributed by atoms with Crippen molar-refractivity contribution in [3.63, 3.8) is 0 Å². The van der Waals surface area contributed by atoms with Gasteiger partial charge in [0.2, 0.25) is 5.91 Å². The Morgan fingerprint density at radius 2 is 1.80 bits per heavy atom. The Bertz CT molecular complexity index is 751. The van der Waals surface area contributed by atoms with Gasteiger partial charge in [-0.2, -0.15) is 0 Å². The summed E-state index contributed by atoms with van der Waals surface area (Å²) in [5.41, 5.74) is 3.51. The van der Waals surface area contributed by atoms with Crippen molar-refractivity contribution >= 4 is 11.6 Å². The maximum absolute atomic E-state index is 11.2. The first-order valence-corrected chi connectivity index (χ1v) is 9.07. The number of fused-ring (bicyclic) bond motifs is 1. The lowest BCUT2D eigenvalue weighted by Gasteiger charge is -2.30. The Balaban J connectivity index is 1.56.